The van der Waals surface area contributed by atoms with Crippen molar-refractivity contribution in [3.63, 3.8) is 0 Å². The third-order valence-corrected chi connectivity index (χ3v) is 5.80. The summed E-state index contributed by atoms with van der Waals surface area (Å²) in [7, 11) is 0. The Morgan fingerprint density at radius 3 is 2.76 bits per heavy atom. The number of imidazole rings is 1. The SMILES string of the molecule is CC(Sc1nccn1-c1ccccc1C(C)C)C(=O)Nc1ccc2c(c1)OCO2. The van der Waals surface area contributed by atoms with Crippen molar-refractivity contribution in [3.8, 4) is 17.2 Å². The lowest BCUT2D eigenvalue weighted by molar-refractivity contribution is -0.115. The normalized spacial score (nSPS) is 13.5. The molecule has 6 nitrogen and oxygen atoms in total. The number of nitrogens with one attached hydrogen (secondary N) is 1. The minimum absolute atomic E-state index is 0.0967. The van der Waals surface area contributed by atoms with Gasteiger partial charge in [0, 0.05) is 24.1 Å². The van der Waals surface area contributed by atoms with Gasteiger partial charge in [-0.05, 0) is 36.6 Å². The Hall–Kier alpha value is -2.93. The summed E-state index contributed by atoms with van der Waals surface area (Å²) >= 11 is 1.43. The Labute approximate surface area is 174 Å². The van der Waals surface area contributed by atoms with Gasteiger partial charge in [-0.3, -0.25) is 9.36 Å². The van der Waals surface area contributed by atoms with Crippen LogP contribution in [0.2, 0.25) is 0 Å². The molecule has 3 aromatic rings. The maximum Gasteiger partial charge on any atom is 0.237 e. The second kappa shape index (κ2) is 8.21. The number of hydrogen-bond donors (Lipinski definition) is 1. The second-order valence-electron chi connectivity index (χ2n) is 7.11. The molecule has 150 valence electrons. The van der Waals surface area contributed by atoms with Gasteiger partial charge in [-0.25, -0.2) is 4.98 Å². The van der Waals surface area contributed by atoms with Crippen molar-refractivity contribution in [1.29, 1.82) is 0 Å². The molecule has 0 saturated heterocycles. The van der Waals surface area contributed by atoms with Gasteiger partial charge >= 0.3 is 0 Å². The van der Waals surface area contributed by atoms with Gasteiger partial charge in [0.15, 0.2) is 16.7 Å². The Kier molecular flexibility index (Phi) is 5.49. The molecule has 2 aromatic carbocycles. The Morgan fingerprint density at radius 1 is 1.14 bits per heavy atom. The first kappa shape index (κ1) is 19.4. The molecule has 0 fully saturated rings. The number of aromatic nitrogens is 2. The molecule has 1 unspecified atom stereocenters. The molecular weight excluding hydrogens is 386 g/mol. The number of carbonyl (C=O) groups is 1. The fourth-order valence-corrected chi connectivity index (χ4v) is 4.06. The van der Waals surface area contributed by atoms with Crippen LogP contribution < -0.4 is 14.8 Å². The molecule has 2 heterocycles. The number of ether oxygens (including phenoxy) is 2. The first-order chi connectivity index (χ1) is 14.0. The minimum atomic E-state index is -0.326. The smallest absolute Gasteiger partial charge is 0.237 e. The minimum Gasteiger partial charge on any atom is -0.454 e. The summed E-state index contributed by atoms with van der Waals surface area (Å²) in [5, 5.41) is 3.40. The maximum absolute atomic E-state index is 12.7. The summed E-state index contributed by atoms with van der Waals surface area (Å²) in [4.78, 5) is 17.2. The highest BCUT2D eigenvalue weighted by atomic mass is 32.2. The molecule has 1 aromatic heterocycles. The zero-order chi connectivity index (χ0) is 20.4. The van der Waals surface area contributed by atoms with E-state index in [0.717, 1.165) is 10.8 Å². The molecule has 1 N–H and O–H groups in total. The molecule has 29 heavy (non-hydrogen) atoms. The average molecular weight is 410 g/mol. The largest absolute Gasteiger partial charge is 0.454 e. The van der Waals surface area contributed by atoms with E-state index >= 15 is 0 Å². The summed E-state index contributed by atoms with van der Waals surface area (Å²) in [6.07, 6.45) is 3.70. The number of para-hydroxylation sites is 1. The Morgan fingerprint density at radius 2 is 1.93 bits per heavy atom. The summed E-state index contributed by atoms with van der Waals surface area (Å²) in [5.41, 5.74) is 3.01. The van der Waals surface area contributed by atoms with Crippen LogP contribution in [0.5, 0.6) is 11.5 Å². The number of hydrogen-bond acceptors (Lipinski definition) is 5. The summed E-state index contributed by atoms with van der Waals surface area (Å²) in [6.45, 7) is 6.42. The van der Waals surface area contributed by atoms with E-state index in [1.165, 1.54) is 17.3 Å². The molecule has 1 atom stereocenters. The van der Waals surface area contributed by atoms with Crippen molar-refractivity contribution in [2.75, 3.05) is 12.1 Å². The van der Waals surface area contributed by atoms with Crippen LogP contribution in [0, 0.1) is 0 Å². The van der Waals surface area contributed by atoms with E-state index in [0.29, 0.717) is 23.1 Å². The van der Waals surface area contributed by atoms with Crippen LogP contribution in [-0.4, -0.2) is 27.5 Å². The highest BCUT2D eigenvalue weighted by molar-refractivity contribution is 8.00. The van der Waals surface area contributed by atoms with Crippen LogP contribution >= 0.6 is 11.8 Å². The number of fused-ring (bicyclic) bond motifs is 1. The summed E-state index contributed by atoms with van der Waals surface area (Å²) in [6, 6.07) is 13.7. The first-order valence-electron chi connectivity index (χ1n) is 9.52. The van der Waals surface area contributed by atoms with Crippen LogP contribution in [0.3, 0.4) is 0 Å². The van der Waals surface area contributed by atoms with Gasteiger partial charge in [0.25, 0.3) is 0 Å². The third-order valence-electron chi connectivity index (χ3n) is 4.72. The van der Waals surface area contributed by atoms with Gasteiger partial charge in [0.1, 0.15) is 0 Å². The van der Waals surface area contributed by atoms with Gasteiger partial charge in [-0.2, -0.15) is 0 Å². The number of rotatable bonds is 6. The van der Waals surface area contributed by atoms with Crippen LogP contribution in [0.15, 0.2) is 60.0 Å². The summed E-state index contributed by atoms with van der Waals surface area (Å²) in [5.74, 6) is 1.62. The van der Waals surface area contributed by atoms with E-state index in [2.05, 4.69) is 36.3 Å². The number of benzene rings is 2. The van der Waals surface area contributed by atoms with E-state index in [4.69, 9.17) is 9.47 Å². The molecule has 1 aliphatic rings. The Bertz CT molecular complexity index is 1030. The molecule has 4 rings (SSSR count). The third kappa shape index (κ3) is 4.10. The van der Waals surface area contributed by atoms with Gasteiger partial charge in [-0.15, -0.1) is 0 Å². The molecule has 1 amide bonds. The van der Waals surface area contributed by atoms with Crippen LogP contribution in [0.25, 0.3) is 5.69 Å². The average Bonchev–Trinajstić information content (AvgIpc) is 3.36. The second-order valence-corrected chi connectivity index (χ2v) is 8.42. The first-order valence-corrected chi connectivity index (χ1v) is 10.4. The standard InChI is InChI=1S/C22H23N3O3S/c1-14(2)17-6-4-5-7-18(17)25-11-10-23-22(25)29-15(3)21(26)24-16-8-9-19-20(12-16)28-13-27-19/h4-12,14-15H,13H2,1-3H3,(H,24,26). The monoisotopic (exact) mass is 409 g/mol. The van der Waals surface area contributed by atoms with E-state index in [9.17, 15) is 4.79 Å². The van der Waals surface area contributed by atoms with Crippen LogP contribution in [0.1, 0.15) is 32.3 Å². The molecule has 1 aliphatic heterocycles. The topological polar surface area (TPSA) is 65.4 Å². The predicted octanol–water partition coefficient (Wildman–Crippen LogP) is 4.84. The lowest BCUT2D eigenvalue weighted by Gasteiger charge is -2.17. The molecule has 0 spiro atoms. The molecule has 0 radical (unpaired) electrons. The van der Waals surface area contributed by atoms with Crippen molar-refractivity contribution >= 4 is 23.4 Å². The van der Waals surface area contributed by atoms with E-state index in [1.54, 1.807) is 18.3 Å². The lowest BCUT2D eigenvalue weighted by atomic mass is 10.0. The quantitative estimate of drug-likeness (QED) is 0.590. The summed E-state index contributed by atoms with van der Waals surface area (Å²) < 4.78 is 12.7. The van der Waals surface area contributed by atoms with Crippen molar-refractivity contribution in [3.05, 3.63) is 60.4 Å². The number of nitrogens with zero attached hydrogens (tertiary/aromatic N) is 2. The molecule has 7 heteroatoms. The van der Waals surface area contributed by atoms with Gasteiger partial charge in [0.2, 0.25) is 12.7 Å². The van der Waals surface area contributed by atoms with E-state index in [-0.39, 0.29) is 18.0 Å². The fraction of sp³-hybridized carbons (Fsp3) is 0.273. The Balaban J connectivity index is 1.49. The predicted molar refractivity (Wildman–Crippen MR) is 114 cm³/mol. The molecular formula is C22H23N3O3S. The number of thioether (sulfide) groups is 1. The van der Waals surface area contributed by atoms with Crippen molar-refractivity contribution < 1.29 is 14.3 Å². The zero-order valence-corrected chi connectivity index (χ0v) is 17.4. The number of carbonyl (C=O) groups excluding carboxylic acids is 1. The van der Waals surface area contributed by atoms with E-state index < -0.39 is 0 Å². The van der Waals surface area contributed by atoms with Crippen molar-refractivity contribution in [2.45, 2.75) is 37.1 Å². The van der Waals surface area contributed by atoms with Gasteiger partial charge in [0.05, 0.1) is 10.9 Å². The molecule has 0 aliphatic carbocycles. The van der Waals surface area contributed by atoms with Gasteiger partial charge < -0.3 is 14.8 Å². The maximum atomic E-state index is 12.7. The molecule has 0 bridgehead atoms. The molecule has 0 saturated carbocycles. The van der Waals surface area contributed by atoms with Crippen molar-refractivity contribution in [1.82, 2.24) is 9.55 Å². The van der Waals surface area contributed by atoms with Crippen molar-refractivity contribution in [2.24, 2.45) is 0 Å². The highest BCUT2D eigenvalue weighted by Crippen LogP contribution is 2.35. The van der Waals surface area contributed by atoms with E-state index in [1.807, 2.05) is 35.9 Å². The van der Waals surface area contributed by atoms with Gasteiger partial charge in [-0.1, -0.05) is 43.8 Å². The number of anilines is 1. The fourth-order valence-electron chi connectivity index (χ4n) is 3.19. The number of amides is 1. The van der Waals surface area contributed by atoms with Crippen LogP contribution in [0.4, 0.5) is 5.69 Å². The highest BCUT2D eigenvalue weighted by Gasteiger charge is 2.20. The zero-order valence-electron chi connectivity index (χ0n) is 16.6. The lowest BCUT2D eigenvalue weighted by Crippen LogP contribution is -2.22. The van der Waals surface area contributed by atoms with Crippen LogP contribution in [-0.2, 0) is 4.79 Å².